The minimum Gasteiger partial charge on any atom is -0.294 e. The summed E-state index contributed by atoms with van der Waals surface area (Å²) < 4.78 is 0.774. The van der Waals surface area contributed by atoms with Crippen molar-refractivity contribution >= 4 is 27.5 Å². The number of benzene rings is 1. The largest absolute Gasteiger partial charge is 0.294 e. The average molecular weight is 283 g/mol. The van der Waals surface area contributed by atoms with Gasteiger partial charge in [-0.05, 0) is 18.2 Å². The molecule has 86 valence electrons. The zero-order chi connectivity index (χ0) is 12.3. The van der Waals surface area contributed by atoms with Crippen molar-refractivity contribution in [2.45, 2.75) is 27.2 Å². The number of Topliss-reactive ketones (excluding diaryl/α,β-unsaturated/α-hetero) is 2. The lowest BCUT2D eigenvalue weighted by Crippen LogP contribution is -2.09. The van der Waals surface area contributed by atoms with E-state index in [2.05, 4.69) is 15.9 Å². The Morgan fingerprint density at radius 2 is 1.75 bits per heavy atom. The molecule has 0 unspecified atom stereocenters. The molecule has 0 fully saturated rings. The van der Waals surface area contributed by atoms with E-state index in [0.29, 0.717) is 17.5 Å². The molecule has 0 atom stereocenters. The summed E-state index contributed by atoms with van der Waals surface area (Å²) in [6.07, 6.45) is 0.450. The van der Waals surface area contributed by atoms with Crippen LogP contribution in [0.15, 0.2) is 22.7 Å². The second-order valence-electron chi connectivity index (χ2n) is 4.02. The third-order valence-corrected chi connectivity index (χ3v) is 2.81. The fourth-order valence-corrected chi connectivity index (χ4v) is 1.92. The molecule has 0 saturated heterocycles. The smallest absolute Gasteiger partial charge is 0.165 e. The number of hydrogen-bond donors (Lipinski definition) is 0. The van der Waals surface area contributed by atoms with Crippen LogP contribution in [0.1, 0.15) is 47.9 Å². The summed E-state index contributed by atoms with van der Waals surface area (Å²) >= 11 is 3.32. The van der Waals surface area contributed by atoms with Crippen molar-refractivity contribution in [2.75, 3.05) is 0 Å². The number of hydrogen-bond acceptors (Lipinski definition) is 2. The van der Waals surface area contributed by atoms with Gasteiger partial charge < -0.3 is 0 Å². The standard InChI is InChI=1S/C13H15BrO2/c1-4-12(15)9-5-10(7-11(14)6-9)13(16)8(2)3/h5-8H,4H2,1-3H3. The fraction of sp³-hybridized carbons (Fsp3) is 0.385. The molecule has 0 heterocycles. The van der Waals surface area contributed by atoms with Gasteiger partial charge in [-0.15, -0.1) is 0 Å². The van der Waals surface area contributed by atoms with E-state index in [9.17, 15) is 9.59 Å². The lowest BCUT2D eigenvalue weighted by Gasteiger charge is -2.07. The van der Waals surface area contributed by atoms with Crippen molar-refractivity contribution < 1.29 is 9.59 Å². The number of ketones is 2. The molecule has 0 saturated carbocycles. The number of rotatable bonds is 4. The van der Waals surface area contributed by atoms with Gasteiger partial charge in [0.05, 0.1) is 0 Å². The molecule has 0 amide bonds. The maximum absolute atomic E-state index is 11.8. The zero-order valence-electron chi connectivity index (χ0n) is 9.71. The fourth-order valence-electron chi connectivity index (χ4n) is 1.43. The van der Waals surface area contributed by atoms with Crippen LogP contribution in [0.3, 0.4) is 0 Å². The third kappa shape index (κ3) is 3.01. The Hall–Kier alpha value is -0.960. The Balaban J connectivity index is 3.18. The molecule has 0 radical (unpaired) electrons. The highest BCUT2D eigenvalue weighted by Gasteiger charge is 2.13. The molecule has 0 bridgehead atoms. The highest BCUT2D eigenvalue weighted by molar-refractivity contribution is 9.10. The van der Waals surface area contributed by atoms with Crippen LogP contribution in [0.25, 0.3) is 0 Å². The number of halogens is 1. The van der Waals surface area contributed by atoms with E-state index >= 15 is 0 Å². The summed E-state index contributed by atoms with van der Waals surface area (Å²) in [6, 6.07) is 5.19. The predicted molar refractivity (Wildman–Crippen MR) is 67.9 cm³/mol. The van der Waals surface area contributed by atoms with Crippen molar-refractivity contribution in [2.24, 2.45) is 5.92 Å². The normalized spacial score (nSPS) is 10.6. The Labute approximate surface area is 104 Å². The van der Waals surface area contributed by atoms with E-state index in [0.717, 1.165) is 4.47 Å². The number of carbonyl (C=O) groups excluding carboxylic acids is 2. The van der Waals surface area contributed by atoms with Gasteiger partial charge in [-0.1, -0.05) is 36.7 Å². The van der Waals surface area contributed by atoms with Gasteiger partial charge in [0.25, 0.3) is 0 Å². The monoisotopic (exact) mass is 282 g/mol. The van der Waals surface area contributed by atoms with Crippen LogP contribution in [0.2, 0.25) is 0 Å². The Kier molecular flexibility index (Phi) is 4.42. The van der Waals surface area contributed by atoms with E-state index in [1.54, 1.807) is 18.2 Å². The van der Waals surface area contributed by atoms with Gasteiger partial charge in [0.1, 0.15) is 0 Å². The first kappa shape index (κ1) is 13.1. The predicted octanol–water partition coefficient (Wildman–Crippen LogP) is 3.88. The van der Waals surface area contributed by atoms with Crippen LogP contribution in [0.4, 0.5) is 0 Å². The summed E-state index contributed by atoms with van der Waals surface area (Å²) in [5, 5.41) is 0. The first-order valence-corrected chi connectivity index (χ1v) is 6.13. The van der Waals surface area contributed by atoms with Crippen molar-refractivity contribution in [3.8, 4) is 0 Å². The minimum atomic E-state index is -0.0566. The summed E-state index contributed by atoms with van der Waals surface area (Å²) in [6.45, 7) is 5.52. The quantitative estimate of drug-likeness (QED) is 0.786. The van der Waals surface area contributed by atoms with Gasteiger partial charge in [-0.25, -0.2) is 0 Å². The molecule has 1 aromatic carbocycles. The minimum absolute atomic E-state index is 0.0547. The molecular formula is C13H15BrO2. The summed E-state index contributed by atoms with van der Waals surface area (Å²) in [7, 11) is 0. The van der Waals surface area contributed by atoms with Gasteiger partial charge in [-0.2, -0.15) is 0 Å². The van der Waals surface area contributed by atoms with Crippen molar-refractivity contribution in [1.29, 1.82) is 0 Å². The van der Waals surface area contributed by atoms with Gasteiger partial charge in [-0.3, -0.25) is 9.59 Å². The molecule has 0 aliphatic carbocycles. The van der Waals surface area contributed by atoms with Crippen LogP contribution >= 0.6 is 15.9 Å². The molecule has 2 nitrogen and oxygen atoms in total. The highest BCUT2D eigenvalue weighted by Crippen LogP contribution is 2.19. The second kappa shape index (κ2) is 5.39. The van der Waals surface area contributed by atoms with Crippen LogP contribution < -0.4 is 0 Å². The summed E-state index contributed by atoms with van der Waals surface area (Å²) in [5.74, 6) is 0.0597. The van der Waals surface area contributed by atoms with E-state index in [1.165, 1.54) is 0 Å². The average Bonchev–Trinajstić information content (AvgIpc) is 2.25. The first-order chi connectivity index (χ1) is 7.45. The molecule has 0 spiro atoms. The molecule has 1 aromatic rings. The highest BCUT2D eigenvalue weighted by atomic mass is 79.9. The molecule has 0 aliphatic rings. The topological polar surface area (TPSA) is 34.1 Å². The summed E-state index contributed by atoms with van der Waals surface area (Å²) in [4.78, 5) is 23.4. The maximum Gasteiger partial charge on any atom is 0.165 e. The van der Waals surface area contributed by atoms with Crippen molar-refractivity contribution in [3.05, 3.63) is 33.8 Å². The number of carbonyl (C=O) groups is 2. The molecular weight excluding hydrogens is 268 g/mol. The Morgan fingerprint density at radius 1 is 1.19 bits per heavy atom. The van der Waals surface area contributed by atoms with Gasteiger partial charge >= 0.3 is 0 Å². The van der Waals surface area contributed by atoms with Gasteiger partial charge in [0.2, 0.25) is 0 Å². The molecule has 3 heteroatoms. The Morgan fingerprint density at radius 3 is 2.25 bits per heavy atom. The van der Waals surface area contributed by atoms with E-state index < -0.39 is 0 Å². The van der Waals surface area contributed by atoms with Crippen molar-refractivity contribution in [3.63, 3.8) is 0 Å². The van der Waals surface area contributed by atoms with Crippen LogP contribution in [0, 0.1) is 5.92 Å². The maximum atomic E-state index is 11.8. The van der Waals surface area contributed by atoms with Crippen LogP contribution in [-0.2, 0) is 0 Å². The summed E-state index contributed by atoms with van der Waals surface area (Å²) in [5.41, 5.74) is 1.20. The lowest BCUT2D eigenvalue weighted by molar-refractivity contribution is 0.0939. The Bertz CT molecular complexity index is 422. The first-order valence-electron chi connectivity index (χ1n) is 5.33. The zero-order valence-corrected chi connectivity index (χ0v) is 11.3. The molecule has 1 rings (SSSR count). The molecule has 0 aliphatic heterocycles. The van der Waals surface area contributed by atoms with Crippen LogP contribution in [-0.4, -0.2) is 11.6 Å². The second-order valence-corrected chi connectivity index (χ2v) is 4.94. The van der Waals surface area contributed by atoms with Crippen LogP contribution in [0.5, 0.6) is 0 Å². The lowest BCUT2D eigenvalue weighted by atomic mass is 9.98. The van der Waals surface area contributed by atoms with E-state index in [1.807, 2.05) is 20.8 Å². The van der Waals surface area contributed by atoms with Crippen molar-refractivity contribution in [1.82, 2.24) is 0 Å². The van der Waals surface area contributed by atoms with Gasteiger partial charge in [0, 0.05) is 27.9 Å². The van der Waals surface area contributed by atoms with E-state index in [-0.39, 0.29) is 17.5 Å². The molecule has 0 N–H and O–H groups in total. The molecule has 0 aromatic heterocycles. The molecule has 16 heavy (non-hydrogen) atoms. The third-order valence-electron chi connectivity index (χ3n) is 2.35. The van der Waals surface area contributed by atoms with E-state index in [4.69, 9.17) is 0 Å². The SMILES string of the molecule is CCC(=O)c1cc(Br)cc(C(=O)C(C)C)c1. The van der Waals surface area contributed by atoms with Gasteiger partial charge in [0.15, 0.2) is 11.6 Å².